The lowest BCUT2D eigenvalue weighted by molar-refractivity contribution is 0.176. The minimum atomic E-state index is -0.372. The van der Waals surface area contributed by atoms with Crippen molar-refractivity contribution in [1.29, 1.82) is 0 Å². The van der Waals surface area contributed by atoms with Crippen LogP contribution < -0.4 is 0 Å². The van der Waals surface area contributed by atoms with Gasteiger partial charge in [-0.15, -0.1) is 0 Å². The molecule has 3 heteroatoms. The van der Waals surface area contributed by atoms with Gasteiger partial charge in [0.2, 0.25) is 0 Å². The second-order valence-corrected chi connectivity index (χ2v) is 3.92. The number of hydrogen-bond acceptors (Lipinski definition) is 2. The molecule has 14 heavy (non-hydrogen) atoms. The van der Waals surface area contributed by atoms with Gasteiger partial charge in [0.25, 0.3) is 0 Å². The number of aliphatic hydroxyl groups is 1. The molecule has 3 rings (SSSR count). The molecule has 72 valence electrons. The second kappa shape index (κ2) is 2.58. The normalized spacial score (nSPS) is 20.3. The minimum absolute atomic E-state index is 0.372. The van der Waals surface area contributed by atoms with Crippen LogP contribution in [0, 0.1) is 6.92 Å². The highest BCUT2D eigenvalue weighted by Gasteiger charge is 2.24. The SMILES string of the molecule is Cc1ccc2nc3n(c2c1)CC[C@@H]3O. The lowest BCUT2D eigenvalue weighted by Gasteiger charge is -1.98. The predicted octanol–water partition coefficient (Wildman–Crippen LogP) is 1.78. The number of fused-ring (bicyclic) bond motifs is 3. The fraction of sp³-hybridized carbons (Fsp3) is 0.364. The molecule has 2 aromatic rings. The van der Waals surface area contributed by atoms with Gasteiger partial charge in [-0.3, -0.25) is 0 Å². The quantitative estimate of drug-likeness (QED) is 0.684. The standard InChI is InChI=1S/C11H12N2O/c1-7-2-3-8-9(6-7)13-5-4-10(14)11(13)12-8/h2-3,6,10,14H,4-5H2,1H3/t10-/m0/s1. The van der Waals surface area contributed by atoms with Gasteiger partial charge in [0.05, 0.1) is 11.0 Å². The number of nitrogens with zero attached hydrogens (tertiary/aromatic N) is 2. The van der Waals surface area contributed by atoms with Gasteiger partial charge in [0.15, 0.2) is 0 Å². The van der Waals surface area contributed by atoms with Crippen molar-refractivity contribution in [3.8, 4) is 0 Å². The Hall–Kier alpha value is -1.35. The summed E-state index contributed by atoms with van der Waals surface area (Å²) in [6, 6.07) is 6.20. The molecule has 0 fully saturated rings. The summed E-state index contributed by atoms with van der Waals surface area (Å²) < 4.78 is 2.12. The first-order valence-electron chi connectivity index (χ1n) is 4.90. The molecule has 2 heterocycles. The van der Waals surface area contributed by atoms with Crippen LogP contribution in [0.1, 0.15) is 23.9 Å². The monoisotopic (exact) mass is 188 g/mol. The Morgan fingerprint density at radius 3 is 3.21 bits per heavy atom. The van der Waals surface area contributed by atoms with Gasteiger partial charge in [-0.1, -0.05) is 6.07 Å². The van der Waals surface area contributed by atoms with E-state index in [-0.39, 0.29) is 6.10 Å². The summed E-state index contributed by atoms with van der Waals surface area (Å²) in [5, 5.41) is 9.67. The van der Waals surface area contributed by atoms with E-state index in [9.17, 15) is 5.11 Å². The number of benzene rings is 1. The molecule has 0 unspecified atom stereocenters. The Labute approximate surface area is 82.0 Å². The Balaban J connectivity index is 2.36. The highest BCUT2D eigenvalue weighted by molar-refractivity contribution is 5.77. The van der Waals surface area contributed by atoms with Gasteiger partial charge in [0.1, 0.15) is 11.9 Å². The van der Waals surface area contributed by atoms with Crippen molar-refractivity contribution in [2.24, 2.45) is 0 Å². The van der Waals surface area contributed by atoms with Crippen molar-refractivity contribution < 1.29 is 5.11 Å². The largest absolute Gasteiger partial charge is 0.385 e. The number of imidazole rings is 1. The third-order valence-corrected chi connectivity index (χ3v) is 2.86. The van der Waals surface area contributed by atoms with E-state index in [0.717, 1.165) is 29.8 Å². The van der Waals surface area contributed by atoms with E-state index in [1.54, 1.807) is 0 Å². The van der Waals surface area contributed by atoms with Gasteiger partial charge in [0, 0.05) is 6.54 Å². The van der Waals surface area contributed by atoms with E-state index < -0.39 is 0 Å². The van der Waals surface area contributed by atoms with Crippen LogP contribution in [0.25, 0.3) is 11.0 Å². The molecule has 0 saturated heterocycles. The van der Waals surface area contributed by atoms with Crippen molar-refractivity contribution >= 4 is 11.0 Å². The van der Waals surface area contributed by atoms with E-state index >= 15 is 0 Å². The highest BCUT2D eigenvalue weighted by atomic mass is 16.3. The molecule has 0 radical (unpaired) electrons. The summed E-state index contributed by atoms with van der Waals surface area (Å²) in [6.45, 7) is 2.96. The maximum absolute atomic E-state index is 9.67. The Morgan fingerprint density at radius 2 is 2.36 bits per heavy atom. The minimum Gasteiger partial charge on any atom is -0.385 e. The van der Waals surface area contributed by atoms with Crippen LogP contribution >= 0.6 is 0 Å². The summed E-state index contributed by atoms with van der Waals surface area (Å²) in [5.41, 5.74) is 3.38. The van der Waals surface area contributed by atoms with Crippen molar-refractivity contribution in [3.63, 3.8) is 0 Å². The molecule has 1 aromatic heterocycles. The maximum atomic E-state index is 9.67. The smallest absolute Gasteiger partial charge is 0.138 e. The number of aromatic nitrogens is 2. The van der Waals surface area contributed by atoms with Gasteiger partial charge < -0.3 is 9.67 Å². The van der Waals surface area contributed by atoms with Gasteiger partial charge in [-0.2, -0.15) is 0 Å². The molecular formula is C11H12N2O. The van der Waals surface area contributed by atoms with E-state index in [0.29, 0.717) is 0 Å². The van der Waals surface area contributed by atoms with Crippen LogP contribution in [0.3, 0.4) is 0 Å². The Kier molecular flexibility index (Phi) is 1.47. The first-order valence-corrected chi connectivity index (χ1v) is 4.90. The fourth-order valence-electron chi connectivity index (χ4n) is 2.12. The molecule has 0 aliphatic carbocycles. The van der Waals surface area contributed by atoms with Crippen LogP contribution in [0.15, 0.2) is 18.2 Å². The first-order chi connectivity index (χ1) is 6.75. The number of hydrogen-bond donors (Lipinski definition) is 1. The Morgan fingerprint density at radius 1 is 1.50 bits per heavy atom. The average molecular weight is 188 g/mol. The molecule has 1 aliphatic heterocycles. The van der Waals surface area contributed by atoms with Crippen LogP contribution in [0.4, 0.5) is 0 Å². The van der Waals surface area contributed by atoms with E-state index in [2.05, 4.69) is 28.6 Å². The molecule has 0 amide bonds. The van der Waals surface area contributed by atoms with Crippen molar-refractivity contribution in [2.45, 2.75) is 26.0 Å². The van der Waals surface area contributed by atoms with Crippen molar-refractivity contribution in [3.05, 3.63) is 29.6 Å². The van der Waals surface area contributed by atoms with Crippen LogP contribution in [0.2, 0.25) is 0 Å². The van der Waals surface area contributed by atoms with E-state index in [4.69, 9.17) is 0 Å². The molecule has 1 N–H and O–H groups in total. The summed E-state index contributed by atoms with van der Waals surface area (Å²) in [7, 11) is 0. The molecule has 1 aromatic carbocycles. The summed E-state index contributed by atoms with van der Waals surface area (Å²) in [5.74, 6) is 0.825. The maximum Gasteiger partial charge on any atom is 0.138 e. The first kappa shape index (κ1) is 8.00. The second-order valence-electron chi connectivity index (χ2n) is 3.92. The summed E-state index contributed by atoms with van der Waals surface area (Å²) in [4.78, 5) is 4.43. The lowest BCUT2D eigenvalue weighted by Crippen LogP contribution is -1.93. The topological polar surface area (TPSA) is 38.0 Å². The van der Waals surface area contributed by atoms with Crippen LogP contribution in [-0.4, -0.2) is 14.7 Å². The van der Waals surface area contributed by atoms with Crippen LogP contribution in [-0.2, 0) is 6.54 Å². The predicted molar refractivity (Wildman–Crippen MR) is 54.0 cm³/mol. The zero-order valence-corrected chi connectivity index (χ0v) is 8.07. The van der Waals surface area contributed by atoms with Gasteiger partial charge >= 0.3 is 0 Å². The summed E-state index contributed by atoms with van der Waals surface area (Å²) >= 11 is 0. The van der Waals surface area contributed by atoms with Crippen molar-refractivity contribution in [1.82, 2.24) is 9.55 Å². The Bertz CT molecular complexity index is 501. The molecule has 1 atom stereocenters. The molecule has 1 aliphatic rings. The number of rotatable bonds is 0. The molecule has 0 saturated carbocycles. The molecule has 3 nitrogen and oxygen atoms in total. The van der Waals surface area contributed by atoms with Crippen LogP contribution in [0.5, 0.6) is 0 Å². The van der Waals surface area contributed by atoms with Crippen molar-refractivity contribution in [2.75, 3.05) is 0 Å². The summed E-state index contributed by atoms with van der Waals surface area (Å²) in [6.07, 6.45) is 0.425. The third kappa shape index (κ3) is 0.930. The molecule has 0 bridgehead atoms. The number of aliphatic hydroxyl groups excluding tert-OH is 1. The fourth-order valence-corrected chi connectivity index (χ4v) is 2.12. The highest BCUT2D eigenvalue weighted by Crippen LogP contribution is 2.29. The zero-order valence-electron chi connectivity index (χ0n) is 8.07. The third-order valence-electron chi connectivity index (χ3n) is 2.86. The lowest BCUT2D eigenvalue weighted by atomic mass is 10.2. The van der Waals surface area contributed by atoms with Gasteiger partial charge in [-0.05, 0) is 31.0 Å². The van der Waals surface area contributed by atoms with E-state index in [1.807, 2.05) is 6.07 Å². The molecular weight excluding hydrogens is 176 g/mol. The molecule has 0 spiro atoms. The van der Waals surface area contributed by atoms with E-state index in [1.165, 1.54) is 5.56 Å². The zero-order chi connectivity index (χ0) is 9.71. The van der Waals surface area contributed by atoms with Gasteiger partial charge in [-0.25, -0.2) is 4.98 Å². The average Bonchev–Trinajstić information content (AvgIpc) is 2.67. The number of aryl methyl sites for hydroxylation is 2.